The molecule has 0 spiro atoms. The predicted molar refractivity (Wildman–Crippen MR) is 79.6 cm³/mol. The van der Waals surface area contributed by atoms with Crippen molar-refractivity contribution in [2.45, 2.75) is 19.8 Å². The first-order valence-electron chi connectivity index (χ1n) is 6.58. The lowest BCUT2D eigenvalue weighted by molar-refractivity contribution is -0.123. The van der Waals surface area contributed by atoms with E-state index in [1.54, 1.807) is 6.07 Å². The van der Waals surface area contributed by atoms with Gasteiger partial charge in [0, 0.05) is 6.54 Å². The number of nitrogens with two attached hydrogens (primary N) is 1. The maximum atomic E-state index is 11.5. The quantitative estimate of drug-likeness (QED) is 0.767. The molecule has 0 aliphatic heterocycles. The smallest absolute Gasteiger partial charge is 0.257 e. The van der Waals surface area contributed by atoms with E-state index >= 15 is 0 Å². The number of carbonyl (C=O) groups excluding carboxylic acids is 1. The first-order chi connectivity index (χ1) is 9.62. The highest BCUT2D eigenvalue weighted by atomic mass is 35.5. The first-order valence-corrected chi connectivity index (χ1v) is 6.96. The van der Waals surface area contributed by atoms with E-state index in [1.807, 2.05) is 13.0 Å². The number of ether oxygens (including phenoxy) is 2. The molecule has 0 unspecified atom stereocenters. The molecule has 0 atom stereocenters. The summed E-state index contributed by atoms with van der Waals surface area (Å²) in [5.41, 5.74) is 6.49. The normalized spacial score (nSPS) is 10.2. The van der Waals surface area contributed by atoms with E-state index in [9.17, 15) is 4.79 Å². The third-order valence-electron chi connectivity index (χ3n) is 2.64. The molecule has 20 heavy (non-hydrogen) atoms. The van der Waals surface area contributed by atoms with Crippen LogP contribution in [0.4, 0.5) is 0 Å². The van der Waals surface area contributed by atoms with Crippen LogP contribution in [0.25, 0.3) is 0 Å². The molecular weight excluding hydrogens is 280 g/mol. The molecule has 0 aliphatic carbocycles. The molecule has 1 amide bonds. The molecule has 1 aromatic carbocycles. The monoisotopic (exact) mass is 300 g/mol. The minimum absolute atomic E-state index is 0.0910. The maximum absolute atomic E-state index is 11.5. The summed E-state index contributed by atoms with van der Waals surface area (Å²) in [7, 11) is 1.53. The molecule has 0 saturated heterocycles. The zero-order chi connectivity index (χ0) is 15.0. The van der Waals surface area contributed by atoms with Crippen molar-refractivity contribution in [1.29, 1.82) is 0 Å². The molecule has 1 rings (SSSR count). The topological polar surface area (TPSA) is 73.6 Å². The summed E-state index contributed by atoms with van der Waals surface area (Å²) < 4.78 is 10.7. The summed E-state index contributed by atoms with van der Waals surface area (Å²) in [6.45, 7) is 3.05. The SMILES string of the molecule is CCCNC(=O)COc1c(Cl)cc(CCN)cc1OC. The van der Waals surface area contributed by atoms with Crippen LogP contribution in [-0.4, -0.2) is 32.7 Å². The molecule has 0 heterocycles. The van der Waals surface area contributed by atoms with Crippen molar-refractivity contribution in [3.05, 3.63) is 22.7 Å². The zero-order valence-corrected chi connectivity index (χ0v) is 12.6. The van der Waals surface area contributed by atoms with E-state index in [0.29, 0.717) is 36.0 Å². The number of rotatable bonds is 8. The van der Waals surface area contributed by atoms with E-state index < -0.39 is 0 Å². The van der Waals surface area contributed by atoms with Crippen molar-refractivity contribution in [2.75, 3.05) is 26.8 Å². The third-order valence-corrected chi connectivity index (χ3v) is 2.92. The van der Waals surface area contributed by atoms with Gasteiger partial charge in [-0.1, -0.05) is 18.5 Å². The van der Waals surface area contributed by atoms with Gasteiger partial charge in [-0.25, -0.2) is 0 Å². The second-order valence-electron chi connectivity index (χ2n) is 4.29. The standard InChI is InChI=1S/C14H21ClN2O3/c1-3-6-17-13(18)9-20-14-11(15)7-10(4-5-16)8-12(14)19-2/h7-8H,3-6,9,16H2,1-2H3,(H,17,18). The van der Waals surface area contributed by atoms with Crippen molar-refractivity contribution in [3.8, 4) is 11.5 Å². The number of carbonyl (C=O) groups is 1. The number of methoxy groups -OCH3 is 1. The van der Waals surface area contributed by atoms with Crippen LogP contribution in [0.5, 0.6) is 11.5 Å². The second-order valence-corrected chi connectivity index (χ2v) is 4.69. The molecule has 0 fully saturated rings. The summed E-state index contributed by atoms with van der Waals surface area (Å²) >= 11 is 6.16. The van der Waals surface area contributed by atoms with Crippen molar-refractivity contribution >= 4 is 17.5 Å². The molecule has 1 aromatic rings. The van der Waals surface area contributed by atoms with Crippen molar-refractivity contribution in [1.82, 2.24) is 5.32 Å². The average Bonchev–Trinajstić information content (AvgIpc) is 2.43. The number of amides is 1. The maximum Gasteiger partial charge on any atom is 0.257 e. The molecule has 6 heteroatoms. The Kier molecular flexibility index (Phi) is 7.18. The highest BCUT2D eigenvalue weighted by Gasteiger charge is 2.13. The molecule has 0 aromatic heterocycles. The van der Waals surface area contributed by atoms with Crippen LogP contribution in [0, 0.1) is 0 Å². The van der Waals surface area contributed by atoms with Crippen LogP contribution in [0.3, 0.4) is 0 Å². The summed E-state index contributed by atoms with van der Waals surface area (Å²) in [4.78, 5) is 11.5. The van der Waals surface area contributed by atoms with Gasteiger partial charge in [0.2, 0.25) is 0 Å². The predicted octanol–water partition coefficient (Wildman–Crippen LogP) is 1.75. The zero-order valence-electron chi connectivity index (χ0n) is 11.9. The van der Waals surface area contributed by atoms with Crippen LogP contribution in [-0.2, 0) is 11.2 Å². The summed E-state index contributed by atoms with van der Waals surface area (Å²) in [6.07, 6.45) is 1.58. The molecule has 0 aliphatic rings. The van der Waals surface area contributed by atoms with Gasteiger partial charge in [0.15, 0.2) is 18.1 Å². The molecular formula is C14H21ClN2O3. The van der Waals surface area contributed by atoms with Crippen LogP contribution < -0.4 is 20.5 Å². The summed E-state index contributed by atoms with van der Waals surface area (Å²) in [5.74, 6) is 0.696. The first kappa shape index (κ1) is 16.6. The lowest BCUT2D eigenvalue weighted by Crippen LogP contribution is -2.29. The molecule has 5 nitrogen and oxygen atoms in total. The largest absolute Gasteiger partial charge is 0.493 e. The molecule has 0 bridgehead atoms. The van der Waals surface area contributed by atoms with Gasteiger partial charge in [-0.3, -0.25) is 4.79 Å². The van der Waals surface area contributed by atoms with Gasteiger partial charge in [-0.15, -0.1) is 0 Å². The molecule has 112 valence electrons. The Morgan fingerprint density at radius 2 is 2.20 bits per heavy atom. The Bertz CT molecular complexity index is 452. The Labute approximate surface area is 124 Å². The van der Waals surface area contributed by atoms with Crippen LogP contribution >= 0.6 is 11.6 Å². The van der Waals surface area contributed by atoms with E-state index in [1.165, 1.54) is 7.11 Å². The van der Waals surface area contributed by atoms with Gasteiger partial charge in [0.25, 0.3) is 5.91 Å². The fourth-order valence-electron chi connectivity index (χ4n) is 1.68. The number of benzene rings is 1. The van der Waals surface area contributed by atoms with Crippen molar-refractivity contribution in [2.24, 2.45) is 5.73 Å². The Hall–Kier alpha value is -1.46. The molecule has 3 N–H and O–H groups in total. The van der Waals surface area contributed by atoms with Gasteiger partial charge < -0.3 is 20.5 Å². The highest BCUT2D eigenvalue weighted by Crippen LogP contribution is 2.36. The van der Waals surface area contributed by atoms with Gasteiger partial charge in [-0.05, 0) is 37.1 Å². The minimum atomic E-state index is -0.184. The van der Waals surface area contributed by atoms with Crippen LogP contribution in [0.2, 0.25) is 5.02 Å². The average molecular weight is 301 g/mol. The van der Waals surface area contributed by atoms with E-state index in [4.69, 9.17) is 26.8 Å². The minimum Gasteiger partial charge on any atom is -0.493 e. The van der Waals surface area contributed by atoms with Gasteiger partial charge in [0.1, 0.15) is 0 Å². The van der Waals surface area contributed by atoms with Crippen LogP contribution in [0.15, 0.2) is 12.1 Å². The fraction of sp³-hybridized carbons (Fsp3) is 0.500. The molecule has 0 saturated carbocycles. The second kappa shape index (κ2) is 8.66. The number of hydrogen-bond donors (Lipinski definition) is 2. The van der Waals surface area contributed by atoms with E-state index in [2.05, 4.69) is 5.32 Å². The van der Waals surface area contributed by atoms with Gasteiger partial charge in [0.05, 0.1) is 12.1 Å². The highest BCUT2D eigenvalue weighted by molar-refractivity contribution is 6.32. The summed E-state index contributed by atoms with van der Waals surface area (Å²) in [6, 6.07) is 3.59. The summed E-state index contributed by atoms with van der Waals surface area (Å²) in [5, 5.41) is 3.14. The lowest BCUT2D eigenvalue weighted by Gasteiger charge is -2.14. The Morgan fingerprint density at radius 3 is 2.80 bits per heavy atom. The van der Waals surface area contributed by atoms with Gasteiger partial charge >= 0.3 is 0 Å². The fourth-order valence-corrected chi connectivity index (χ4v) is 1.97. The molecule has 0 radical (unpaired) electrons. The van der Waals surface area contributed by atoms with Crippen molar-refractivity contribution < 1.29 is 14.3 Å². The van der Waals surface area contributed by atoms with Crippen LogP contribution in [0.1, 0.15) is 18.9 Å². The Balaban J connectivity index is 2.76. The van der Waals surface area contributed by atoms with Gasteiger partial charge in [-0.2, -0.15) is 0 Å². The van der Waals surface area contributed by atoms with E-state index in [-0.39, 0.29) is 12.5 Å². The Morgan fingerprint density at radius 1 is 1.45 bits per heavy atom. The number of hydrogen-bond acceptors (Lipinski definition) is 4. The van der Waals surface area contributed by atoms with E-state index in [0.717, 1.165) is 12.0 Å². The number of nitrogens with one attached hydrogen (secondary N) is 1. The lowest BCUT2D eigenvalue weighted by atomic mass is 10.1. The van der Waals surface area contributed by atoms with Crippen molar-refractivity contribution in [3.63, 3.8) is 0 Å². The third kappa shape index (κ3) is 4.90. The number of halogens is 1.